The lowest BCUT2D eigenvalue weighted by Gasteiger charge is -2.37. The van der Waals surface area contributed by atoms with E-state index in [9.17, 15) is 19.2 Å². The Balaban J connectivity index is 1.64. The SMILES string of the molecule is CCOC(=O)C1CN(c2ccc(N3CNC(=O)C3)cc2)C(=O)N(Cc2cccc(Cl)c2Cl)C1=O. The first-order chi connectivity index (χ1) is 16.3. The maximum atomic E-state index is 13.4. The highest BCUT2D eigenvalue weighted by Gasteiger charge is 2.44. The summed E-state index contributed by atoms with van der Waals surface area (Å²) >= 11 is 12.4. The van der Waals surface area contributed by atoms with E-state index in [-0.39, 0.29) is 37.2 Å². The predicted octanol–water partition coefficient (Wildman–Crippen LogP) is 3.04. The Labute approximate surface area is 206 Å². The maximum absolute atomic E-state index is 13.4. The minimum atomic E-state index is -1.18. The van der Waals surface area contributed by atoms with Gasteiger partial charge in [0.2, 0.25) is 11.8 Å². The van der Waals surface area contributed by atoms with Crippen LogP contribution in [0.1, 0.15) is 12.5 Å². The molecule has 0 aromatic heterocycles. The van der Waals surface area contributed by atoms with Crippen LogP contribution in [0.3, 0.4) is 0 Å². The number of hydrogen-bond acceptors (Lipinski definition) is 6. The van der Waals surface area contributed by atoms with E-state index in [1.54, 1.807) is 49.4 Å². The number of amides is 4. The van der Waals surface area contributed by atoms with Crippen LogP contribution in [0.5, 0.6) is 0 Å². The van der Waals surface area contributed by atoms with Crippen LogP contribution in [-0.4, -0.2) is 55.1 Å². The van der Waals surface area contributed by atoms with Crippen molar-refractivity contribution in [3.63, 3.8) is 0 Å². The van der Waals surface area contributed by atoms with Crippen LogP contribution in [0.25, 0.3) is 0 Å². The molecule has 0 spiro atoms. The average molecular weight is 505 g/mol. The molecular formula is C23H22Cl2N4O5. The summed E-state index contributed by atoms with van der Waals surface area (Å²) in [4.78, 5) is 54.8. The summed E-state index contributed by atoms with van der Waals surface area (Å²) < 4.78 is 5.09. The van der Waals surface area contributed by atoms with Gasteiger partial charge in [0.25, 0.3) is 0 Å². The van der Waals surface area contributed by atoms with Crippen molar-refractivity contribution >= 4 is 58.4 Å². The topological polar surface area (TPSA) is 99.3 Å². The molecule has 0 aliphatic carbocycles. The number of esters is 1. The molecule has 0 radical (unpaired) electrons. The average Bonchev–Trinajstić information content (AvgIpc) is 3.26. The highest BCUT2D eigenvalue weighted by Crippen LogP contribution is 2.31. The second-order valence-electron chi connectivity index (χ2n) is 7.81. The first-order valence-electron chi connectivity index (χ1n) is 10.6. The van der Waals surface area contributed by atoms with Crippen LogP contribution in [-0.2, 0) is 25.7 Å². The molecule has 4 amide bonds. The fourth-order valence-electron chi connectivity index (χ4n) is 3.88. The molecule has 34 heavy (non-hydrogen) atoms. The Hall–Kier alpha value is -3.30. The van der Waals surface area contributed by atoms with Gasteiger partial charge in [-0.15, -0.1) is 0 Å². The lowest BCUT2D eigenvalue weighted by molar-refractivity contribution is -0.154. The van der Waals surface area contributed by atoms with Crippen LogP contribution in [0.2, 0.25) is 10.0 Å². The fourth-order valence-corrected chi connectivity index (χ4v) is 4.26. The Kier molecular flexibility index (Phi) is 6.95. The van der Waals surface area contributed by atoms with Crippen molar-refractivity contribution in [2.45, 2.75) is 13.5 Å². The lowest BCUT2D eigenvalue weighted by Crippen LogP contribution is -2.58. The molecule has 2 aromatic carbocycles. The number of benzene rings is 2. The van der Waals surface area contributed by atoms with E-state index in [0.717, 1.165) is 10.6 Å². The van der Waals surface area contributed by atoms with E-state index in [4.69, 9.17) is 27.9 Å². The van der Waals surface area contributed by atoms with Gasteiger partial charge in [-0.25, -0.2) is 4.79 Å². The second kappa shape index (κ2) is 9.90. The van der Waals surface area contributed by atoms with Crippen LogP contribution in [0, 0.1) is 5.92 Å². The van der Waals surface area contributed by atoms with Gasteiger partial charge in [-0.1, -0.05) is 35.3 Å². The van der Waals surface area contributed by atoms with Crippen LogP contribution in [0.4, 0.5) is 16.2 Å². The smallest absolute Gasteiger partial charge is 0.331 e. The van der Waals surface area contributed by atoms with Crippen molar-refractivity contribution in [3.05, 3.63) is 58.1 Å². The van der Waals surface area contributed by atoms with E-state index in [0.29, 0.717) is 22.9 Å². The van der Waals surface area contributed by atoms with Gasteiger partial charge in [-0.3, -0.25) is 24.2 Å². The van der Waals surface area contributed by atoms with E-state index in [1.807, 2.05) is 4.90 Å². The van der Waals surface area contributed by atoms with Gasteiger partial charge in [0.15, 0.2) is 5.92 Å². The van der Waals surface area contributed by atoms with Gasteiger partial charge in [-0.05, 0) is 42.8 Å². The first-order valence-corrected chi connectivity index (χ1v) is 11.4. The van der Waals surface area contributed by atoms with Gasteiger partial charge in [0.05, 0.1) is 43.0 Å². The van der Waals surface area contributed by atoms with Crippen molar-refractivity contribution in [1.29, 1.82) is 0 Å². The number of halogens is 2. The summed E-state index contributed by atoms with van der Waals surface area (Å²) in [5, 5.41) is 3.25. The van der Waals surface area contributed by atoms with Crippen molar-refractivity contribution in [2.24, 2.45) is 5.92 Å². The van der Waals surface area contributed by atoms with E-state index < -0.39 is 23.8 Å². The molecule has 9 nitrogen and oxygen atoms in total. The van der Waals surface area contributed by atoms with Gasteiger partial charge in [-0.2, -0.15) is 0 Å². The summed E-state index contributed by atoms with van der Waals surface area (Å²) in [6, 6.07) is 11.3. The zero-order valence-corrected chi connectivity index (χ0v) is 19.8. The minimum absolute atomic E-state index is 0.0682. The standard InChI is InChI=1S/C23H22Cl2N4O5/c1-2-34-22(32)17-11-28(16-8-6-15(7-9-16)27-12-19(30)26-13-27)23(33)29(21(17)31)10-14-4-3-5-18(24)20(14)25/h3-9,17H,2,10-13H2,1H3,(H,26,30). The number of imide groups is 1. The van der Waals surface area contributed by atoms with Crippen LogP contribution >= 0.6 is 23.2 Å². The molecule has 2 aliphatic rings. The molecule has 0 saturated carbocycles. The van der Waals surface area contributed by atoms with Gasteiger partial charge in [0, 0.05) is 11.4 Å². The molecule has 2 aromatic rings. The number of rotatable bonds is 6. The molecule has 1 N–H and O–H groups in total. The maximum Gasteiger partial charge on any atom is 0.331 e. The molecule has 2 heterocycles. The summed E-state index contributed by atoms with van der Waals surface area (Å²) in [6.07, 6.45) is 0. The van der Waals surface area contributed by atoms with Crippen molar-refractivity contribution in [2.75, 3.05) is 36.2 Å². The number of anilines is 2. The van der Waals surface area contributed by atoms with Gasteiger partial charge < -0.3 is 15.0 Å². The third-order valence-corrected chi connectivity index (χ3v) is 6.51. The molecule has 0 bridgehead atoms. The molecule has 2 aliphatic heterocycles. The Morgan fingerprint density at radius 3 is 2.44 bits per heavy atom. The summed E-state index contributed by atoms with van der Waals surface area (Å²) in [5.41, 5.74) is 1.77. The van der Waals surface area contributed by atoms with E-state index >= 15 is 0 Å². The van der Waals surface area contributed by atoms with Crippen molar-refractivity contribution in [1.82, 2.24) is 10.2 Å². The van der Waals surface area contributed by atoms with Crippen molar-refractivity contribution < 1.29 is 23.9 Å². The number of hydrogen-bond donors (Lipinski definition) is 1. The predicted molar refractivity (Wildman–Crippen MR) is 127 cm³/mol. The number of nitrogens with one attached hydrogen (secondary N) is 1. The second-order valence-corrected chi connectivity index (χ2v) is 8.59. The lowest BCUT2D eigenvalue weighted by atomic mass is 10.0. The molecular weight excluding hydrogens is 483 g/mol. The van der Waals surface area contributed by atoms with E-state index in [2.05, 4.69) is 5.32 Å². The Bertz CT molecular complexity index is 1140. The van der Waals surface area contributed by atoms with Crippen molar-refractivity contribution in [3.8, 4) is 0 Å². The number of nitrogens with zero attached hydrogens (tertiary/aromatic N) is 3. The Morgan fingerprint density at radius 1 is 1.09 bits per heavy atom. The fraction of sp³-hybridized carbons (Fsp3) is 0.304. The largest absolute Gasteiger partial charge is 0.465 e. The number of carbonyl (C=O) groups is 4. The molecule has 4 rings (SSSR count). The summed E-state index contributed by atoms with van der Waals surface area (Å²) in [6.45, 7) is 2.09. The highest BCUT2D eigenvalue weighted by atomic mass is 35.5. The third-order valence-electron chi connectivity index (χ3n) is 5.65. The number of ether oxygens (including phenoxy) is 1. The minimum Gasteiger partial charge on any atom is -0.465 e. The zero-order valence-electron chi connectivity index (χ0n) is 18.3. The number of carbonyl (C=O) groups excluding carboxylic acids is 4. The van der Waals surface area contributed by atoms with Gasteiger partial charge >= 0.3 is 12.0 Å². The Morgan fingerprint density at radius 2 is 1.79 bits per heavy atom. The third kappa shape index (κ3) is 4.67. The molecule has 2 fully saturated rings. The quantitative estimate of drug-likeness (QED) is 0.479. The zero-order chi connectivity index (χ0) is 24.4. The summed E-state index contributed by atoms with van der Waals surface area (Å²) in [5.74, 6) is -2.61. The summed E-state index contributed by atoms with van der Waals surface area (Å²) in [7, 11) is 0. The van der Waals surface area contributed by atoms with Gasteiger partial charge in [0.1, 0.15) is 0 Å². The highest BCUT2D eigenvalue weighted by molar-refractivity contribution is 6.42. The normalized spacial score (nSPS) is 18.4. The van der Waals surface area contributed by atoms with Crippen LogP contribution in [0.15, 0.2) is 42.5 Å². The molecule has 2 saturated heterocycles. The molecule has 178 valence electrons. The number of urea groups is 1. The van der Waals surface area contributed by atoms with E-state index in [1.165, 1.54) is 4.90 Å². The molecule has 11 heteroatoms. The first kappa shape index (κ1) is 23.8. The molecule has 1 unspecified atom stereocenters. The molecule has 1 atom stereocenters. The monoisotopic (exact) mass is 504 g/mol. The van der Waals surface area contributed by atoms with Crippen LogP contribution < -0.4 is 15.1 Å².